The van der Waals surface area contributed by atoms with Gasteiger partial charge in [-0.25, -0.2) is 4.39 Å². The first kappa shape index (κ1) is 13.0. The Kier molecular flexibility index (Phi) is 3.98. The van der Waals surface area contributed by atoms with Gasteiger partial charge in [-0.2, -0.15) is 0 Å². The smallest absolute Gasteiger partial charge is 0.289 e. The lowest BCUT2D eigenvalue weighted by molar-refractivity contribution is -0.367. The molecule has 4 nitrogen and oxygen atoms in total. The number of benzene rings is 1. The van der Waals surface area contributed by atoms with Crippen molar-refractivity contribution in [3.63, 3.8) is 0 Å². The molecule has 1 saturated heterocycles. The van der Waals surface area contributed by atoms with Crippen LogP contribution in [0.4, 0.5) is 9.18 Å². The highest BCUT2D eigenvalue weighted by Gasteiger charge is 2.39. The Hall–Kier alpha value is -1.40. The molecule has 1 aliphatic heterocycles. The van der Waals surface area contributed by atoms with Crippen molar-refractivity contribution in [2.45, 2.75) is 11.7 Å². The maximum Gasteiger partial charge on any atom is 0.289 e. The molecule has 1 unspecified atom stereocenters. The van der Waals surface area contributed by atoms with Crippen molar-refractivity contribution < 1.29 is 19.7 Å². The molecule has 2 amide bonds. The monoisotopic (exact) mass is 269 g/mol. The van der Waals surface area contributed by atoms with Gasteiger partial charge in [0.05, 0.1) is 18.3 Å². The topological polar surface area (TPSA) is 65.0 Å². The number of hydrogen-bond acceptors (Lipinski definition) is 3. The number of thioether (sulfide) groups is 1. The zero-order valence-corrected chi connectivity index (χ0v) is 10.6. The molecule has 3 N–H and O–H groups in total. The fraction of sp³-hybridized carbons (Fsp3) is 0.333. The van der Waals surface area contributed by atoms with Crippen molar-refractivity contribution in [3.8, 4) is 0 Å². The van der Waals surface area contributed by atoms with Crippen LogP contribution in [0.25, 0.3) is 0 Å². The number of nitrogens with zero attached hydrogens (tertiary/aromatic N) is 1. The summed E-state index contributed by atoms with van der Waals surface area (Å²) in [4.78, 5) is 24.8. The van der Waals surface area contributed by atoms with Crippen molar-refractivity contribution in [1.29, 1.82) is 0 Å². The van der Waals surface area contributed by atoms with E-state index in [2.05, 4.69) is 5.73 Å². The lowest BCUT2D eigenvalue weighted by Gasteiger charge is -2.11. The Morgan fingerprint density at radius 1 is 1.28 bits per heavy atom. The predicted molar refractivity (Wildman–Crippen MR) is 66.3 cm³/mol. The first-order chi connectivity index (χ1) is 8.61. The van der Waals surface area contributed by atoms with Crippen LogP contribution in [0.3, 0.4) is 0 Å². The third kappa shape index (κ3) is 2.70. The van der Waals surface area contributed by atoms with Gasteiger partial charge in [0, 0.05) is 0 Å². The lowest BCUT2D eigenvalue weighted by Crippen LogP contribution is -2.55. The summed E-state index contributed by atoms with van der Waals surface area (Å²) in [5, 5.41) is -0.606. The highest BCUT2D eigenvalue weighted by Crippen LogP contribution is 2.29. The van der Waals surface area contributed by atoms with Gasteiger partial charge in [0.2, 0.25) is 5.91 Å². The molecule has 96 valence electrons. The normalized spacial score (nSPS) is 19.7. The summed E-state index contributed by atoms with van der Waals surface area (Å²) in [5.74, 6) is -0.475. The van der Waals surface area contributed by atoms with Crippen LogP contribution in [0.2, 0.25) is 0 Å². The minimum Gasteiger partial charge on any atom is -0.356 e. The molecule has 0 spiro atoms. The average molecular weight is 269 g/mol. The van der Waals surface area contributed by atoms with Crippen molar-refractivity contribution in [3.05, 3.63) is 35.6 Å². The molecule has 1 aromatic rings. The summed E-state index contributed by atoms with van der Waals surface area (Å²) in [6.45, 7) is 0.881. The molecule has 1 heterocycles. The van der Waals surface area contributed by atoms with Gasteiger partial charge >= 0.3 is 0 Å². The van der Waals surface area contributed by atoms with E-state index in [0.717, 1.165) is 17.3 Å². The van der Waals surface area contributed by atoms with Crippen LogP contribution in [0.5, 0.6) is 0 Å². The minimum atomic E-state index is -0.394. The second kappa shape index (κ2) is 5.49. The Labute approximate surface area is 108 Å². The minimum absolute atomic E-state index is 0.169. The largest absolute Gasteiger partial charge is 0.356 e. The molecule has 0 bridgehead atoms. The molecule has 0 saturated carbocycles. The van der Waals surface area contributed by atoms with Crippen LogP contribution in [-0.2, 0) is 11.2 Å². The summed E-state index contributed by atoms with van der Waals surface area (Å²) in [6.07, 6.45) is 0.448. The van der Waals surface area contributed by atoms with E-state index in [1.165, 1.54) is 17.0 Å². The molecule has 0 aliphatic carbocycles. The maximum atomic E-state index is 12.8. The molecule has 2 rings (SSSR count). The van der Waals surface area contributed by atoms with Gasteiger partial charge in [-0.05, 0) is 24.1 Å². The van der Waals surface area contributed by atoms with Gasteiger partial charge in [-0.3, -0.25) is 14.5 Å². The van der Waals surface area contributed by atoms with E-state index in [1.807, 2.05) is 0 Å². The van der Waals surface area contributed by atoms with Crippen LogP contribution in [0.15, 0.2) is 24.3 Å². The number of hydrogen-bond donors (Lipinski definition) is 1. The Morgan fingerprint density at radius 2 is 1.94 bits per heavy atom. The van der Waals surface area contributed by atoms with Crippen LogP contribution >= 0.6 is 11.8 Å². The molecule has 0 radical (unpaired) electrons. The molecule has 1 aliphatic rings. The fourth-order valence-corrected chi connectivity index (χ4v) is 2.88. The van der Waals surface area contributed by atoms with Crippen molar-refractivity contribution in [2.24, 2.45) is 0 Å². The third-order valence-electron chi connectivity index (χ3n) is 2.72. The van der Waals surface area contributed by atoms with Crippen molar-refractivity contribution in [1.82, 2.24) is 4.90 Å². The average Bonchev–Trinajstić information content (AvgIpc) is 2.60. The predicted octanol–water partition coefficient (Wildman–Crippen LogP) is 0.674. The summed E-state index contributed by atoms with van der Waals surface area (Å²) in [5.41, 5.74) is 4.49. The highest BCUT2D eigenvalue weighted by atomic mass is 32.2. The second-order valence-electron chi connectivity index (χ2n) is 4.05. The van der Waals surface area contributed by atoms with Crippen LogP contribution in [0.1, 0.15) is 5.56 Å². The van der Waals surface area contributed by atoms with Crippen LogP contribution < -0.4 is 5.73 Å². The van der Waals surface area contributed by atoms with Gasteiger partial charge in [0.25, 0.3) is 5.24 Å². The van der Waals surface area contributed by atoms with E-state index < -0.39 is 5.25 Å². The number of imide groups is 1. The zero-order valence-electron chi connectivity index (χ0n) is 9.77. The summed E-state index contributed by atoms with van der Waals surface area (Å²) in [6, 6.07) is 5.99. The number of carbonyl (C=O) groups excluding carboxylic acids is 2. The van der Waals surface area contributed by atoms with Crippen LogP contribution in [0, 0.1) is 5.82 Å². The molecule has 1 atom stereocenters. The van der Waals surface area contributed by atoms with Gasteiger partial charge in [-0.15, -0.1) is 0 Å². The van der Waals surface area contributed by atoms with Crippen LogP contribution in [-0.4, -0.2) is 34.4 Å². The number of halogens is 1. The van der Waals surface area contributed by atoms with Gasteiger partial charge < -0.3 is 5.73 Å². The first-order valence-electron chi connectivity index (χ1n) is 5.67. The third-order valence-corrected chi connectivity index (χ3v) is 3.80. The standard InChI is InChI=1S/C12H13FN2O2S/c13-9-3-1-8(2-4-9)7-10-11(16)15(6-5-14)12(17)18-10/h1-4,10H,5-7,14H2/p+1. The number of amides is 2. The molecule has 1 fully saturated rings. The van der Waals surface area contributed by atoms with E-state index in [-0.39, 0.29) is 17.0 Å². The van der Waals surface area contributed by atoms with E-state index >= 15 is 0 Å². The van der Waals surface area contributed by atoms with E-state index in [4.69, 9.17) is 0 Å². The molecule has 18 heavy (non-hydrogen) atoms. The lowest BCUT2D eigenvalue weighted by atomic mass is 10.1. The Balaban J connectivity index is 2.05. The Bertz CT molecular complexity index is 464. The van der Waals surface area contributed by atoms with Crippen molar-refractivity contribution >= 4 is 22.9 Å². The molecular weight excluding hydrogens is 255 g/mol. The van der Waals surface area contributed by atoms with Gasteiger partial charge in [0.1, 0.15) is 5.82 Å². The van der Waals surface area contributed by atoms with Crippen molar-refractivity contribution in [2.75, 3.05) is 13.1 Å². The SMILES string of the molecule is [NH3+]CCN1C(=O)SC(Cc2ccc(F)cc2)C1=O. The van der Waals surface area contributed by atoms with E-state index in [1.54, 1.807) is 12.1 Å². The quantitative estimate of drug-likeness (QED) is 0.874. The second-order valence-corrected chi connectivity index (χ2v) is 5.20. The zero-order chi connectivity index (χ0) is 13.1. The van der Waals surface area contributed by atoms with E-state index in [9.17, 15) is 14.0 Å². The summed E-state index contributed by atoms with van der Waals surface area (Å²) in [7, 11) is 0. The first-order valence-corrected chi connectivity index (χ1v) is 6.55. The molecular formula is C12H14FN2O2S+. The fourth-order valence-electron chi connectivity index (χ4n) is 1.82. The summed E-state index contributed by atoms with van der Waals surface area (Å²) >= 11 is 1.04. The number of quaternary nitrogens is 1. The van der Waals surface area contributed by atoms with Gasteiger partial charge in [0.15, 0.2) is 0 Å². The summed E-state index contributed by atoms with van der Waals surface area (Å²) < 4.78 is 12.8. The van der Waals surface area contributed by atoms with Gasteiger partial charge in [-0.1, -0.05) is 23.9 Å². The molecule has 1 aromatic carbocycles. The highest BCUT2D eigenvalue weighted by molar-refractivity contribution is 8.15. The molecule has 6 heteroatoms. The Morgan fingerprint density at radius 3 is 2.56 bits per heavy atom. The molecule has 0 aromatic heterocycles. The van der Waals surface area contributed by atoms with E-state index in [0.29, 0.717) is 19.5 Å². The maximum absolute atomic E-state index is 12.8. The number of rotatable bonds is 4. The number of carbonyl (C=O) groups is 2.